The molecule has 96 valence electrons. The first kappa shape index (κ1) is 14.2. The fraction of sp³-hybridized carbons (Fsp3) is 0.692. The Balaban J connectivity index is 2.47. The van der Waals surface area contributed by atoms with E-state index in [1.165, 1.54) is 19.3 Å². The first-order valence-electron chi connectivity index (χ1n) is 6.30. The van der Waals surface area contributed by atoms with Crippen molar-refractivity contribution >= 4 is 11.6 Å². The van der Waals surface area contributed by atoms with Gasteiger partial charge in [-0.15, -0.1) is 0 Å². The lowest BCUT2D eigenvalue weighted by molar-refractivity contribution is 0.292. The Morgan fingerprint density at radius 1 is 1.24 bits per heavy atom. The van der Waals surface area contributed by atoms with Gasteiger partial charge in [0.2, 0.25) is 5.88 Å². The molecule has 0 spiro atoms. The smallest absolute Gasteiger partial charge is 0.218 e. The molecule has 4 heteroatoms. The quantitative estimate of drug-likeness (QED) is 0.541. The molecule has 0 atom stereocenters. The summed E-state index contributed by atoms with van der Waals surface area (Å²) in [6.45, 7) is 6.97. The number of aromatic nitrogens is 2. The number of unbranched alkanes of at least 4 members (excludes halogenated alkanes) is 3. The summed E-state index contributed by atoms with van der Waals surface area (Å²) in [5.41, 5.74) is 0. The van der Waals surface area contributed by atoms with E-state index in [1.54, 1.807) is 6.07 Å². The maximum absolute atomic E-state index is 5.93. The lowest BCUT2D eigenvalue weighted by atomic mass is 10.2. The monoisotopic (exact) mass is 256 g/mol. The largest absolute Gasteiger partial charge is 0.478 e. The zero-order chi connectivity index (χ0) is 12.7. The number of ether oxygens (including phenoxy) is 1. The number of hydrogen-bond donors (Lipinski definition) is 0. The van der Waals surface area contributed by atoms with Crippen LogP contribution in [0.4, 0.5) is 0 Å². The van der Waals surface area contributed by atoms with E-state index in [9.17, 15) is 0 Å². The molecule has 0 fully saturated rings. The van der Waals surface area contributed by atoms with Gasteiger partial charge in [-0.2, -0.15) is 4.98 Å². The van der Waals surface area contributed by atoms with Crippen LogP contribution in [-0.4, -0.2) is 16.6 Å². The van der Waals surface area contributed by atoms with Gasteiger partial charge in [0.15, 0.2) is 0 Å². The second-order valence-electron chi connectivity index (χ2n) is 4.45. The Hall–Kier alpha value is -0.830. The molecule has 0 aliphatic heterocycles. The van der Waals surface area contributed by atoms with Crippen LogP contribution in [0.15, 0.2) is 6.07 Å². The van der Waals surface area contributed by atoms with Crippen molar-refractivity contribution in [1.82, 2.24) is 9.97 Å². The van der Waals surface area contributed by atoms with E-state index < -0.39 is 0 Å². The Morgan fingerprint density at radius 3 is 2.65 bits per heavy atom. The first-order valence-corrected chi connectivity index (χ1v) is 6.68. The first-order chi connectivity index (χ1) is 8.13. The van der Waals surface area contributed by atoms with E-state index in [-0.39, 0.29) is 5.92 Å². The van der Waals surface area contributed by atoms with Crippen LogP contribution in [-0.2, 0) is 0 Å². The lowest BCUT2D eigenvalue weighted by Crippen LogP contribution is -2.03. The maximum atomic E-state index is 5.93. The lowest BCUT2D eigenvalue weighted by Gasteiger charge is -2.08. The summed E-state index contributed by atoms with van der Waals surface area (Å²) in [6.07, 6.45) is 4.75. The molecule has 0 unspecified atom stereocenters. The molecule has 0 radical (unpaired) electrons. The zero-order valence-electron chi connectivity index (χ0n) is 10.9. The molecule has 0 N–H and O–H groups in total. The molecule has 1 aromatic heterocycles. The van der Waals surface area contributed by atoms with Crippen molar-refractivity contribution in [3.05, 3.63) is 17.0 Å². The predicted octanol–water partition coefficient (Wildman–Crippen LogP) is 4.21. The van der Waals surface area contributed by atoms with Crippen molar-refractivity contribution in [3.63, 3.8) is 0 Å². The molecule has 0 saturated heterocycles. The molecular formula is C13H21ClN2O. The maximum Gasteiger partial charge on any atom is 0.218 e. The summed E-state index contributed by atoms with van der Waals surface area (Å²) in [6, 6.07) is 1.67. The van der Waals surface area contributed by atoms with Crippen molar-refractivity contribution in [3.8, 4) is 5.88 Å². The summed E-state index contributed by atoms with van der Waals surface area (Å²) in [7, 11) is 0. The van der Waals surface area contributed by atoms with Gasteiger partial charge < -0.3 is 4.74 Å². The van der Waals surface area contributed by atoms with Crippen LogP contribution in [0.3, 0.4) is 0 Å². The molecule has 0 saturated carbocycles. The SMILES string of the molecule is CCCCCCOc1cc(Cl)nc(C(C)C)n1. The Labute approximate surface area is 109 Å². The third-order valence-corrected chi connectivity index (χ3v) is 2.65. The minimum atomic E-state index is 0.260. The van der Waals surface area contributed by atoms with Crippen LogP contribution >= 0.6 is 11.6 Å². The summed E-state index contributed by atoms with van der Waals surface area (Å²) in [5.74, 6) is 1.59. The van der Waals surface area contributed by atoms with Crippen molar-refractivity contribution in [2.24, 2.45) is 0 Å². The standard InChI is InChI=1S/C13H21ClN2O/c1-4-5-6-7-8-17-12-9-11(14)15-13(16-12)10(2)3/h9-10H,4-8H2,1-3H3. The van der Waals surface area contributed by atoms with Gasteiger partial charge in [-0.3, -0.25) is 0 Å². The van der Waals surface area contributed by atoms with E-state index in [1.807, 2.05) is 13.8 Å². The van der Waals surface area contributed by atoms with Crippen LogP contribution in [0.1, 0.15) is 58.2 Å². The minimum Gasteiger partial charge on any atom is -0.478 e. The van der Waals surface area contributed by atoms with Gasteiger partial charge in [0, 0.05) is 12.0 Å². The molecule has 1 rings (SSSR count). The van der Waals surface area contributed by atoms with Crippen LogP contribution in [0.25, 0.3) is 0 Å². The highest BCUT2D eigenvalue weighted by Gasteiger charge is 2.07. The average Bonchev–Trinajstić information content (AvgIpc) is 2.28. The zero-order valence-corrected chi connectivity index (χ0v) is 11.6. The predicted molar refractivity (Wildman–Crippen MR) is 70.8 cm³/mol. The van der Waals surface area contributed by atoms with Crippen molar-refractivity contribution in [1.29, 1.82) is 0 Å². The van der Waals surface area contributed by atoms with Gasteiger partial charge >= 0.3 is 0 Å². The topological polar surface area (TPSA) is 35.0 Å². The Bertz CT molecular complexity index is 342. The van der Waals surface area contributed by atoms with E-state index in [0.29, 0.717) is 17.6 Å². The van der Waals surface area contributed by atoms with E-state index in [0.717, 1.165) is 12.2 Å². The van der Waals surface area contributed by atoms with E-state index in [2.05, 4.69) is 16.9 Å². The van der Waals surface area contributed by atoms with Crippen molar-refractivity contribution in [2.45, 2.75) is 52.4 Å². The van der Waals surface area contributed by atoms with Crippen molar-refractivity contribution in [2.75, 3.05) is 6.61 Å². The fourth-order valence-electron chi connectivity index (χ4n) is 1.45. The van der Waals surface area contributed by atoms with Gasteiger partial charge in [-0.05, 0) is 6.42 Å². The van der Waals surface area contributed by atoms with Gasteiger partial charge in [0.1, 0.15) is 11.0 Å². The number of rotatable bonds is 7. The van der Waals surface area contributed by atoms with Gasteiger partial charge in [-0.1, -0.05) is 51.6 Å². The molecule has 3 nitrogen and oxygen atoms in total. The second-order valence-corrected chi connectivity index (χ2v) is 4.84. The van der Waals surface area contributed by atoms with Crippen LogP contribution in [0.5, 0.6) is 5.88 Å². The molecule has 0 aliphatic rings. The van der Waals surface area contributed by atoms with Crippen LogP contribution < -0.4 is 4.74 Å². The number of hydrogen-bond acceptors (Lipinski definition) is 3. The Morgan fingerprint density at radius 2 is 2.00 bits per heavy atom. The highest BCUT2D eigenvalue weighted by Crippen LogP contribution is 2.18. The summed E-state index contributed by atoms with van der Waals surface area (Å²) >= 11 is 5.93. The molecule has 0 bridgehead atoms. The summed E-state index contributed by atoms with van der Waals surface area (Å²) in [5, 5.41) is 0.451. The molecular weight excluding hydrogens is 236 g/mol. The van der Waals surface area contributed by atoms with Crippen LogP contribution in [0, 0.1) is 0 Å². The second kappa shape index (κ2) is 7.49. The average molecular weight is 257 g/mol. The van der Waals surface area contributed by atoms with Crippen molar-refractivity contribution < 1.29 is 4.74 Å². The molecule has 17 heavy (non-hydrogen) atoms. The minimum absolute atomic E-state index is 0.260. The number of halogens is 1. The van der Waals surface area contributed by atoms with Gasteiger partial charge in [0.25, 0.3) is 0 Å². The third-order valence-electron chi connectivity index (χ3n) is 2.45. The van der Waals surface area contributed by atoms with Crippen LogP contribution in [0.2, 0.25) is 5.15 Å². The van der Waals surface area contributed by atoms with E-state index >= 15 is 0 Å². The summed E-state index contributed by atoms with van der Waals surface area (Å²) < 4.78 is 5.59. The third kappa shape index (κ3) is 5.35. The fourth-order valence-corrected chi connectivity index (χ4v) is 1.63. The van der Waals surface area contributed by atoms with E-state index in [4.69, 9.17) is 16.3 Å². The number of nitrogens with zero attached hydrogens (tertiary/aromatic N) is 2. The molecule has 0 aromatic carbocycles. The highest BCUT2D eigenvalue weighted by atomic mass is 35.5. The molecule has 1 aromatic rings. The normalized spacial score (nSPS) is 10.9. The highest BCUT2D eigenvalue weighted by molar-refractivity contribution is 6.29. The summed E-state index contributed by atoms with van der Waals surface area (Å²) in [4.78, 5) is 8.50. The van der Waals surface area contributed by atoms with Gasteiger partial charge in [-0.25, -0.2) is 4.98 Å². The molecule has 0 amide bonds. The van der Waals surface area contributed by atoms with Gasteiger partial charge in [0.05, 0.1) is 6.61 Å². The molecule has 0 aliphatic carbocycles. The molecule has 1 heterocycles. The Kier molecular flexibility index (Phi) is 6.27.